The predicted molar refractivity (Wildman–Crippen MR) is 86.6 cm³/mol. The lowest BCUT2D eigenvalue weighted by Crippen LogP contribution is -2.18. The second-order valence-electron chi connectivity index (χ2n) is 4.56. The normalized spacial score (nSPS) is 11.9. The SMILES string of the molecule is CNS(=O)(=O)c1ccc(NS(=O)(=O)c2ccccc2[N+](=O)[O-])cc1. The van der Waals surface area contributed by atoms with E-state index in [-0.39, 0.29) is 10.6 Å². The molecule has 0 radical (unpaired) electrons. The van der Waals surface area contributed by atoms with E-state index in [0.29, 0.717) is 0 Å². The van der Waals surface area contributed by atoms with Crippen molar-refractivity contribution in [3.05, 3.63) is 58.6 Å². The van der Waals surface area contributed by atoms with Crippen LogP contribution in [0.15, 0.2) is 58.3 Å². The average molecular weight is 371 g/mol. The maximum Gasteiger partial charge on any atom is 0.289 e. The highest BCUT2D eigenvalue weighted by atomic mass is 32.2. The molecule has 0 aliphatic rings. The molecule has 0 bridgehead atoms. The zero-order valence-electron chi connectivity index (χ0n) is 12.3. The Hall–Kier alpha value is -2.50. The molecule has 11 heteroatoms. The van der Waals surface area contributed by atoms with Gasteiger partial charge < -0.3 is 0 Å². The van der Waals surface area contributed by atoms with Crippen molar-refractivity contribution in [3.63, 3.8) is 0 Å². The molecule has 128 valence electrons. The van der Waals surface area contributed by atoms with E-state index in [4.69, 9.17) is 0 Å². The van der Waals surface area contributed by atoms with Crippen LogP contribution in [0.1, 0.15) is 0 Å². The number of nitro benzene ring substituents is 1. The number of nitrogens with zero attached hydrogens (tertiary/aromatic N) is 1. The Labute approximate surface area is 138 Å². The van der Waals surface area contributed by atoms with Crippen molar-refractivity contribution in [3.8, 4) is 0 Å². The van der Waals surface area contributed by atoms with Crippen molar-refractivity contribution in [2.24, 2.45) is 0 Å². The largest absolute Gasteiger partial charge is 0.289 e. The first-order valence-electron chi connectivity index (χ1n) is 6.47. The van der Waals surface area contributed by atoms with Crippen LogP contribution in [0.2, 0.25) is 0 Å². The summed E-state index contributed by atoms with van der Waals surface area (Å²) >= 11 is 0. The van der Waals surface area contributed by atoms with Crippen LogP contribution >= 0.6 is 0 Å². The van der Waals surface area contributed by atoms with Crippen molar-refractivity contribution in [2.75, 3.05) is 11.8 Å². The molecule has 2 aromatic carbocycles. The minimum atomic E-state index is -4.20. The van der Waals surface area contributed by atoms with E-state index in [1.165, 1.54) is 43.4 Å². The molecule has 0 aromatic heterocycles. The van der Waals surface area contributed by atoms with Crippen molar-refractivity contribution in [1.82, 2.24) is 4.72 Å². The maximum atomic E-state index is 12.3. The number of rotatable bonds is 6. The van der Waals surface area contributed by atoms with E-state index >= 15 is 0 Å². The summed E-state index contributed by atoms with van der Waals surface area (Å²) in [6.07, 6.45) is 0. The standard InChI is InChI=1S/C13H13N3O6S2/c1-14-23(19,20)11-8-6-10(7-9-11)15-24(21,22)13-5-3-2-4-12(13)16(17)18/h2-9,14-15H,1H3. The Bertz CT molecular complexity index is 969. The van der Waals surface area contributed by atoms with Gasteiger partial charge in [-0.3, -0.25) is 14.8 Å². The summed E-state index contributed by atoms with van der Waals surface area (Å²) in [7, 11) is -6.59. The molecule has 0 spiro atoms. The van der Waals surface area contributed by atoms with Gasteiger partial charge in [-0.1, -0.05) is 12.1 Å². The lowest BCUT2D eigenvalue weighted by molar-refractivity contribution is -0.387. The van der Waals surface area contributed by atoms with Gasteiger partial charge in [-0.25, -0.2) is 21.6 Å². The Kier molecular flexibility index (Phi) is 4.87. The minimum Gasteiger partial charge on any atom is -0.279 e. The summed E-state index contributed by atoms with van der Waals surface area (Å²) in [6.45, 7) is 0. The van der Waals surface area contributed by atoms with E-state index in [9.17, 15) is 26.9 Å². The Morgan fingerprint density at radius 2 is 1.50 bits per heavy atom. The highest BCUT2D eigenvalue weighted by Gasteiger charge is 2.25. The lowest BCUT2D eigenvalue weighted by Gasteiger charge is -2.09. The van der Waals surface area contributed by atoms with Crippen LogP contribution in [0.25, 0.3) is 0 Å². The van der Waals surface area contributed by atoms with Gasteiger partial charge in [0.05, 0.1) is 9.82 Å². The van der Waals surface area contributed by atoms with E-state index in [1.54, 1.807) is 0 Å². The smallest absolute Gasteiger partial charge is 0.279 e. The summed E-state index contributed by atoms with van der Waals surface area (Å²) in [4.78, 5) is 9.63. The Morgan fingerprint density at radius 1 is 0.917 bits per heavy atom. The van der Waals surface area contributed by atoms with Gasteiger partial charge in [0, 0.05) is 11.8 Å². The first kappa shape index (κ1) is 17.8. The lowest BCUT2D eigenvalue weighted by atomic mass is 10.3. The molecular weight excluding hydrogens is 358 g/mol. The molecule has 0 amide bonds. The van der Waals surface area contributed by atoms with Crippen molar-refractivity contribution >= 4 is 31.4 Å². The molecule has 2 rings (SSSR count). The van der Waals surface area contributed by atoms with Gasteiger partial charge in [0.2, 0.25) is 10.0 Å². The predicted octanol–water partition coefficient (Wildman–Crippen LogP) is 1.30. The second-order valence-corrected chi connectivity index (χ2v) is 8.10. The molecule has 0 atom stereocenters. The fraction of sp³-hybridized carbons (Fsp3) is 0.0769. The molecule has 2 N–H and O–H groups in total. The second kappa shape index (κ2) is 6.55. The molecule has 0 aliphatic heterocycles. The van der Waals surface area contributed by atoms with Gasteiger partial charge in [-0.15, -0.1) is 0 Å². The monoisotopic (exact) mass is 371 g/mol. The first-order valence-corrected chi connectivity index (χ1v) is 9.44. The van der Waals surface area contributed by atoms with Gasteiger partial charge in [0.1, 0.15) is 0 Å². The van der Waals surface area contributed by atoms with Gasteiger partial charge in [-0.2, -0.15) is 0 Å². The van der Waals surface area contributed by atoms with Gasteiger partial charge in [-0.05, 0) is 37.4 Å². The van der Waals surface area contributed by atoms with Crippen LogP contribution in [0.4, 0.5) is 11.4 Å². The van der Waals surface area contributed by atoms with E-state index in [0.717, 1.165) is 12.1 Å². The van der Waals surface area contributed by atoms with E-state index in [1.807, 2.05) is 0 Å². The molecular formula is C13H13N3O6S2. The number of hydrogen-bond acceptors (Lipinski definition) is 6. The van der Waals surface area contributed by atoms with Crippen LogP contribution in [0.3, 0.4) is 0 Å². The summed E-state index contributed by atoms with van der Waals surface area (Å²) in [5, 5.41) is 10.9. The van der Waals surface area contributed by atoms with Crippen LogP contribution in [0.5, 0.6) is 0 Å². The Balaban J connectivity index is 2.36. The molecule has 0 unspecified atom stereocenters. The third kappa shape index (κ3) is 3.69. The molecule has 0 aliphatic carbocycles. The van der Waals surface area contributed by atoms with E-state index in [2.05, 4.69) is 9.44 Å². The number of para-hydroxylation sites is 1. The molecule has 0 heterocycles. The molecule has 2 aromatic rings. The molecule has 24 heavy (non-hydrogen) atoms. The van der Waals surface area contributed by atoms with Crippen LogP contribution in [-0.4, -0.2) is 28.8 Å². The molecule has 0 fully saturated rings. The Morgan fingerprint density at radius 3 is 2.04 bits per heavy atom. The molecule has 9 nitrogen and oxygen atoms in total. The minimum absolute atomic E-state index is 0.0429. The third-order valence-corrected chi connectivity index (χ3v) is 5.90. The zero-order chi connectivity index (χ0) is 18.0. The first-order chi connectivity index (χ1) is 11.2. The van der Waals surface area contributed by atoms with E-state index < -0.39 is 35.6 Å². The number of hydrogen-bond donors (Lipinski definition) is 2. The van der Waals surface area contributed by atoms with Gasteiger partial charge >= 0.3 is 0 Å². The van der Waals surface area contributed by atoms with Crippen molar-refractivity contribution in [1.29, 1.82) is 0 Å². The summed E-state index contributed by atoms with van der Waals surface area (Å²) in [5.74, 6) is 0. The van der Waals surface area contributed by atoms with Crippen LogP contribution in [-0.2, 0) is 20.0 Å². The van der Waals surface area contributed by atoms with Crippen molar-refractivity contribution < 1.29 is 21.8 Å². The van der Waals surface area contributed by atoms with Gasteiger partial charge in [0.15, 0.2) is 4.90 Å². The quantitative estimate of drug-likeness (QED) is 0.580. The molecule has 0 saturated heterocycles. The highest BCUT2D eigenvalue weighted by molar-refractivity contribution is 7.93. The van der Waals surface area contributed by atoms with Crippen LogP contribution in [0, 0.1) is 10.1 Å². The van der Waals surface area contributed by atoms with Crippen LogP contribution < -0.4 is 9.44 Å². The number of sulfonamides is 2. The van der Waals surface area contributed by atoms with Gasteiger partial charge in [0.25, 0.3) is 15.7 Å². The number of anilines is 1. The highest BCUT2D eigenvalue weighted by Crippen LogP contribution is 2.25. The van der Waals surface area contributed by atoms with Crippen molar-refractivity contribution in [2.45, 2.75) is 9.79 Å². The summed E-state index contributed by atoms with van der Waals surface area (Å²) in [5.41, 5.74) is -0.484. The number of nitro groups is 1. The summed E-state index contributed by atoms with van der Waals surface area (Å²) in [6, 6.07) is 9.83. The number of nitrogens with one attached hydrogen (secondary N) is 2. The zero-order valence-corrected chi connectivity index (χ0v) is 14.0. The summed E-state index contributed by atoms with van der Waals surface area (Å²) < 4.78 is 52.2. The average Bonchev–Trinajstić information content (AvgIpc) is 2.55. The maximum absolute atomic E-state index is 12.3. The topological polar surface area (TPSA) is 135 Å². The molecule has 0 saturated carbocycles. The fourth-order valence-electron chi connectivity index (χ4n) is 1.87. The third-order valence-electron chi connectivity index (χ3n) is 3.04. The fourth-order valence-corrected chi connectivity index (χ4v) is 3.83. The number of benzene rings is 2.